The van der Waals surface area contributed by atoms with Crippen LogP contribution in [0.2, 0.25) is 0 Å². The van der Waals surface area contributed by atoms with Crippen molar-refractivity contribution in [3.05, 3.63) is 12.3 Å². The fourth-order valence-electron chi connectivity index (χ4n) is 1.83. The largest absolute Gasteiger partial charge is 0.498 e. The van der Waals surface area contributed by atoms with Crippen LogP contribution in [0.3, 0.4) is 0 Å². The van der Waals surface area contributed by atoms with Crippen LogP contribution >= 0.6 is 0 Å². The second kappa shape index (κ2) is 7.82. The quantitative estimate of drug-likeness (QED) is 0.451. The van der Waals surface area contributed by atoms with Crippen molar-refractivity contribution in [3.63, 3.8) is 0 Å². The van der Waals surface area contributed by atoms with Crippen LogP contribution in [-0.2, 0) is 24.4 Å². The molecule has 0 saturated heterocycles. The van der Waals surface area contributed by atoms with Crippen molar-refractivity contribution in [1.29, 1.82) is 0 Å². The lowest BCUT2D eigenvalue weighted by Crippen LogP contribution is -2.41. The molecular formula is C12H20F4O5S2. The Balaban J connectivity index is 5.57. The van der Waals surface area contributed by atoms with Crippen molar-refractivity contribution in [1.82, 2.24) is 0 Å². The molecule has 0 amide bonds. The van der Waals surface area contributed by atoms with Gasteiger partial charge in [0.2, 0.25) is 0 Å². The Morgan fingerprint density at radius 3 is 1.91 bits per heavy atom. The van der Waals surface area contributed by atoms with Crippen LogP contribution in [0, 0.1) is 5.92 Å². The number of allylic oxidation sites excluding steroid dienone is 1. The maximum atomic E-state index is 12.6. The lowest BCUT2D eigenvalue weighted by Gasteiger charge is -2.25. The number of hydrogen-bond donors (Lipinski definition) is 0. The van der Waals surface area contributed by atoms with E-state index in [1.807, 2.05) is 0 Å². The summed E-state index contributed by atoms with van der Waals surface area (Å²) in [5, 5.41) is 0. The van der Waals surface area contributed by atoms with E-state index >= 15 is 0 Å². The Labute approximate surface area is 133 Å². The second-order valence-corrected chi connectivity index (χ2v) is 9.91. The van der Waals surface area contributed by atoms with E-state index in [0.29, 0.717) is 0 Å². The van der Waals surface area contributed by atoms with Gasteiger partial charge in [-0.1, -0.05) is 20.4 Å². The van der Waals surface area contributed by atoms with E-state index in [-0.39, 0.29) is 18.1 Å². The average Bonchev–Trinajstić information content (AvgIpc) is 2.35. The summed E-state index contributed by atoms with van der Waals surface area (Å²) in [6.45, 7) is 8.26. The molecule has 0 aromatic heterocycles. The predicted octanol–water partition coefficient (Wildman–Crippen LogP) is 2.94. The maximum Gasteiger partial charge on any atom is 0.498 e. The van der Waals surface area contributed by atoms with Crippen molar-refractivity contribution in [2.24, 2.45) is 5.92 Å². The molecule has 0 aromatic rings. The van der Waals surface area contributed by atoms with E-state index < -0.39 is 48.3 Å². The number of ether oxygens (including phenoxy) is 1. The second-order valence-electron chi connectivity index (χ2n) is 5.37. The number of hydrogen-bond acceptors (Lipinski definition) is 5. The first-order valence-electron chi connectivity index (χ1n) is 6.56. The Morgan fingerprint density at radius 1 is 1.13 bits per heavy atom. The van der Waals surface area contributed by atoms with Gasteiger partial charge in [0, 0.05) is 0 Å². The van der Waals surface area contributed by atoms with E-state index in [9.17, 15) is 34.4 Å². The highest BCUT2D eigenvalue weighted by atomic mass is 32.3. The van der Waals surface area contributed by atoms with E-state index in [1.165, 1.54) is 6.92 Å². The first-order valence-corrected chi connectivity index (χ1v) is 9.82. The number of rotatable bonds is 9. The lowest BCUT2D eigenvalue weighted by atomic mass is 10.0. The molecule has 0 saturated carbocycles. The first-order chi connectivity index (χ1) is 10.2. The molecule has 0 heterocycles. The van der Waals surface area contributed by atoms with Crippen LogP contribution in [0.5, 0.6) is 0 Å². The summed E-state index contributed by atoms with van der Waals surface area (Å²) in [6, 6.07) is -2.19. The molecule has 0 rings (SSSR count). The standard InChI is InChI=1S/C12H20F4O5S2/c1-8(2)10(21-9(3)4)5-6-11(22(17,18)7-13)23(19,20)12(14,15)16/h8,10-11H,3,5-7H2,1-2,4H3. The highest BCUT2D eigenvalue weighted by Crippen LogP contribution is 2.33. The van der Waals surface area contributed by atoms with Crippen LogP contribution < -0.4 is 0 Å². The Hall–Kier alpha value is -0.840. The first kappa shape index (κ1) is 22.2. The fourth-order valence-corrected chi connectivity index (χ4v) is 5.24. The Kier molecular flexibility index (Phi) is 7.54. The number of halogens is 4. The molecule has 0 aliphatic rings. The third-order valence-electron chi connectivity index (χ3n) is 3.00. The lowest BCUT2D eigenvalue weighted by molar-refractivity contribution is -0.0440. The molecule has 5 nitrogen and oxygen atoms in total. The summed E-state index contributed by atoms with van der Waals surface area (Å²) in [6.07, 6.45) is -1.98. The van der Waals surface area contributed by atoms with Gasteiger partial charge in [-0.25, -0.2) is 21.2 Å². The molecule has 23 heavy (non-hydrogen) atoms. The van der Waals surface area contributed by atoms with Gasteiger partial charge in [0.05, 0.1) is 5.76 Å². The monoisotopic (exact) mass is 384 g/mol. The third kappa shape index (κ3) is 5.94. The van der Waals surface area contributed by atoms with Crippen LogP contribution in [0.25, 0.3) is 0 Å². The molecule has 0 spiro atoms. The molecule has 2 unspecified atom stereocenters. The molecule has 0 aromatic carbocycles. The Morgan fingerprint density at radius 2 is 1.61 bits per heavy atom. The maximum absolute atomic E-state index is 12.6. The van der Waals surface area contributed by atoms with Crippen molar-refractivity contribution < 1.29 is 39.1 Å². The molecule has 11 heteroatoms. The van der Waals surface area contributed by atoms with Gasteiger partial charge in [0.1, 0.15) is 6.10 Å². The van der Waals surface area contributed by atoms with Crippen molar-refractivity contribution in [2.75, 3.05) is 6.01 Å². The summed E-state index contributed by atoms with van der Waals surface area (Å²) in [5.41, 5.74) is -5.79. The SMILES string of the molecule is C=C(C)OC(CCC(S(=O)(=O)CF)S(=O)(=O)C(F)(F)F)C(C)C. The number of sulfone groups is 2. The van der Waals surface area contributed by atoms with Crippen LogP contribution in [0.4, 0.5) is 17.6 Å². The summed E-state index contributed by atoms with van der Waals surface area (Å²) in [5.74, 6) is 0.00120. The third-order valence-corrected chi connectivity index (χ3v) is 7.56. The van der Waals surface area contributed by atoms with Crippen molar-refractivity contribution in [2.45, 2.75) is 49.8 Å². The average molecular weight is 384 g/mol. The van der Waals surface area contributed by atoms with Gasteiger partial charge in [0.25, 0.3) is 9.84 Å². The van der Waals surface area contributed by atoms with Crippen LogP contribution in [0.1, 0.15) is 33.6 Å². The highest BCUT2D eigenvalue weighted by molar-refractivity contribution is 8.09. The number of alkyl halides is 4. The molecule has 0 aliphatic carbocycles. The van der Waals surface area contributed by atoms with E-state index in [1.54, 1.807) is 13.8 Å². The summed E-state index contributed by atoms with van der Waals surface area (Å²) in [4.78, 5) is 0. The van der Waals surface area contributed by atoms with Gasteiger partial charge in [0.15, 0.2) is 20.4 Å². The molecule has 0 bridgehead atoms. The van der Waals surface area contributed by atoms with E-state index in [2.05, 4.69) is 6.58 Å². The van der Waals surface area contributed by atoms with Gasteiger partial charge in [-0.05, 0) is 25.7 Å². The molecule has 0 N–H and O–H groups in total. The summed E-state index contributed by atoms with van der Waals surface area (Å²) < 4.78 is 98.6. The van der Waals surface area contributed by atoms with E-state index in [0.717, 1.165) is 0 Å². The smallest absolute Gasteiger partial charge is 0.495 e. The molecule has 138 valence electrons. The predicted molar refractivity (Wildman–Crippen MR) is 77.4 cm³/mol. The minimum atomic E-state index is -6.06. The van der Waals surface area contributed by atoms with Gasteiger partial charge >= 0.3 is 5.51 Å². The highest BCUT2D eigenvalue weighted by Gasteiger charge is 2.55. The van der Waals surface area contributed by atoms with Gasteiger partial charge in [-0.15, -0.1) is 0 Å². The van der Waals surface area contributed by atoms with Gasteiger partial charge in [-0.2, -0.15) is 13.2 Å². The topological polar surface area (TPSA) is 77.5 Å². The van der Waals surface area contributed by atoms with Gasteiger partial charge < -0.3 is 4.74 Å². The molecule has 0 fully saturated rings. The molecule has 0 aliphatic heterocycles. The van der Waals surface area contributed by atoms with Crippen molar-refractivity contribution in [3.8, 4) is 0 Å². The molecule has 2 atom stereocenters. The summed E-state index contributed by atoms with van der Waals surface area (Å²) >= 11 is 0. The van der Waals surface area contributed by atoms with E-state index in [4.69, 9.17) is 4.74 Å². The minimum absolute atomic E-state index is 0.242. The van der Waals surface area contributed by atoms with Gasteiger partial charge in [-0.3, -0.25) is 0 Å². The molecular weight excluding hydrogens is 364 g/mol. The summed E-state index contributed by atoms with van der Waals surface area (Å²) in [7, 11) is -11.2. The fraction of sp³-hybridized carbons (Fsp3) is 0.833. The Bertz CT molecular complexity index is 608. The normalized spacial score (nSPS) is 16.2. The zero-order chi connectivity index (χ0) is 18.6. The molecule has 0 radical (unpaired) electrons. The zero-order valence-electron chi connectivity index (χ0n) is 12.9. The van der Waals surface area contributed by atoms with Crippen LogP contribution in [-0.4, -0.2) is 39.0 Å². The van der Waals surface area contributed by atoms with Crippen molar-refractivity contribution >= 4 is 19.7 Å². The zero-order valence-corrected chi connectivity index (χ0v) is 14.6. The minimum Gasteiger partial charge on any atom is -0.495 e. The van der Waals surface area contributed by atoms with Crippen LogP contribution in [0.15, 0.2) is 12.3 Å².